The van der Waals surface area contributed by atoms with Crippen LogP contribution in [0.25, 0.3) is 11.9 Å². The Kier molecular flexibility index (Phi) is 7.44. The predicted octanol–water partition coefficient (Wildman–Crippen LogP) is 3.85. The number of nitriles is 1. The maximum atomic E-state index is 12.9. The number of carbonyl (C=O) groups excluding carboxylic acids is 1. The second-order valence-electron chi connectivity index (χ2n) is 7.58. The minimum atomic E-state index is -4.65. The van der Waals surface area contributed by atoms with Gasteiger partial charge in [-0.1, -0.05) is 30.9 Å². The topological polar surface area (TPSA) is 118 Å². The van der Waals surface area contributed by atoms with Gasteiger partial charge in [-0.3, -0.25) is 4.79 Å². The van der Waals surface area contributed by atoms with E-state index in [1.165, 1.54) is 0 Å². The van der Waals surface area contributed by atoms with Crippen molar-refractivity contribution in [3.8, 4) is 11.9 Å². The summed E-state index contributed by atoms with van der Waals surface area (Å²) in [7, 11) is -3.85. The van der Waals surface area contributed by atoms with Gasteiger partial charge in [0, 0.05) is 12.3 Å². The number of sulfonamides is 1. The number of rotatable bonds is 6. The Hall–Kier alpha value is -2.91. The molecule has 0 atom stereocenters. The van der Waals surface area contributed by atoms with Crippen LogP contribution in [0.15, 0.2) is 24.5 Å². The van der Waals surface area contributed by atoms with Crippen molar-refractivity contribution in [1.82, 2.24) is 19.5 Å². The minimum Gasteiger partial charge on any atom is -0.269 e. The van der Waals surface area contributed by atoms with E-state index < -0.39 is 27.7 Å². The lowest BCUT2D eigenvalue weighted by molar-refractivity contribution is -0.137. The number of alkyl halides is 3. The summed E-state index contributed by atoms with van der Waals surface area (Å²) in [5.41, 5.74) is -1.10. The molecule has 0 aromatic carbocycles. The van der Waals surface area contributed by atoms with Gasteiger partial charge in [-0.25, -0.2) is 22.8 Å². The Labute approximate surface area is 193 Å². The molecule has 1 amide bonds. The third kappa shape index (κ3) is 6.33. The molecule has 1 saturated carbocycles. The average molecular weight is 502 g/mol. The van der Waals surface area contributed by atoms with Crippen molar-refractivity contribution >= 4 is 33.6 Å². The smallest absolute Gasteiger partial charge is 0.269 e. The van der Waals surface area contributed by atoms with Crippen LogP contribution in [-0.4, -0.2) is 34.8 Å². The van der Waals surface area contributed by atoms with Gasteiger partial charge in [-0.15, -0.1) is 0 Å². The third-order valence-corrected chi connectivity index (χ3v) is 6.81. The number of pyridine rings is 1. The zero-order valence-corrected chi connectivity index (χ0v) is 18.7. The molecule has 0 unspecified atom stereocenters. The Morgan fingerprint density at radius 2 is 2.00 bits per heavy atom. The van der Waals surface area contributed by atoms with Crippen molar-refractivity contribution in [1.29, 1.82) is 5.26 Å². The normalized spacial score (nSPS) is 15.5. The van der Waals surface area contributed by atoms with Crippen molar-refractivity contribution in [3.63, 3.8) is 0 Å². The molecule has 0 radical (unpaired) electrons. The molecule has 13 heteroatoms. The summed E-state index contributed by atoms with van der Waals surface area (Å²) in [6.45, 7) is 0. The van der Waals surface area contributed by atoms with Gasteiger partial charge in [0.25, 0.3) is 5.91 Å². The van der Waals surface area contributed by atoms with E-state index in [1.54, 1.807) is 0 Å². The van der Waals surface area contributed by atoms with Crippen molar-refractivity contribution < 1.29 is 26.4 Å². The van der Waals surface area contributed by atoms with E-state index in [-0.39, 0.29) is 33.8 Å². The number of nitrogens with zero attached hydrogens (tertiary/aromatic N) is 4. The molecule has 0 saturated heterocycles. The maximum absolute atomic E-state index is 12.9. The molecule has 0 bridgehead atoms. The van der Waals surface area contributed by atoms with Gasteiger partial charge in [0.1, 0.15) is 6.07 Å². The van der Waals surface area contributed by atoms with Crippen molar-refractivity contribution in [3.05, 3.63) is 46.4 Å². The summed E-state index contributed by atoms with van der Waals surface area (Å²) in [5.74, 6) is -1.29. The Morgan fingerprint density at radius 1 is 1.30 bits per heavy atom. The van der Waals surface area contributed by atoms with E-state index in [4.69, 9.17) is 11.6 Å². The Balaban J connectivity index is 1.81. The molecule has 8 nitrogen and oxygen atoms in total. The number of halogens is 4. The average Bonchev–Trinajstić information content (AvgIpc) is 3.14. The fourth-order valence-electron chi connectivity index (χ4n) is 3.56. The molecule has 1 aliphatic carbocycles. The Bertz CT molecular complexity index is 1210. The number of hydrogen-bond donors (Lipinski definition) is 1. The minimum absolute atomic E-state index is 0.00691. The van der Waals surface area contributed by atoms with Gasteiger partial charge in [-0.05, 0) is 30.9 Å². The monoisotopic (exact) mass is 501 g/mol. The molecular weight excluding hydrogens is 483 g/mol. The maximum Gasteiger partial charge on any atom is 0.417 e. The molecule has 1 fully saturated rings. The van der Waals surface area contributed by atoms with E-state index in [2.05, 4.69) is 10.1 Å². The second-order valence-corrected chi connectivity index (χ2v) is 9.75. The van der Waals surface area contributed by atoms with Crippen LogP contribution in [0.1, 0.15) is 48.9 Å². The summed E-state index contributed by atoms with van der Waals surface area (Å²) >= 11 is 5.95. The molecule has 1 N–H and O–H groups in total. The summed E-state index contributed by atoms with van der Waals surface area (Å²) in [6.07, 6.45) is 3.59. The van der Waals surface area contributed by atoms with Crippen LogP contribution in [0.3, 0.4) is 0 Å². The third-order valence-electron chi connectivity index (χ3n) is 5.11. The van der Waals surface area contributed by atoms with Gasteiger partial charge in [0.05, 0.1) is 33.8 Å². The summed E-state index contributed by atoms with van der Waals surface area (Å²) < 4.78 is 66.1. The molecule has 1 aliphatic rings. The number of carbonyl (C=O) groups is 1. The summed E-state index contributed by atoms with van der Waals surface area (Å²) in [5, 5.41) is 12.8. The molecule has 33 heavy (non-hydrogen) atoms. The van der Waals surface area contributed by atoms with Gasteiger partial charge in [0.2, 0.25) is 10.0 Å². The number of amides is 1. The number of aromatic nitrogens is 3. The molecular formula is C20H19ClF3N5O3S. The molecule has 2 aromatic rings. The van der Waals surface area contributed by atoms with E-state index in [1.807, 2.05) is 10.8 Å². The van der Waals surface area contributed by atoms with Gasteiger partial charge in [0.15, 0.2) is 5.82 Å². The lowest BCUT2D eigenvalue weighted by atomic mass is 9.91. The van der Waals surface area contributed by atoms with Crippen LogP contribution in [-0.2, 0) is 21.0 Å². The SMILES string of the molecule is N#Cc1cnn(-c2ncc(C(F)(F)F)cc2Cl)c1/C=C/C(=O)NS(=O)(=O)CC1CCCCC1. The molecule has 0 aliphatic heterocycles. The zero-order valence-electron chi connectivity index (χ0n) is 17.1. The fraction of sp³-hybridized carbons (Fsp3) is 0.400. The first-order chi connectivity index (χ1) is 15.5. The quantitative estimate of drug-likeness (QED) is 0.601. The van der Waals surface area contributed by atoms with E-state index in [0.29, 0.717) is 12.3 Å². The number of hydrogen-bond acceptors (Lipinski definition) is 6. The molecule has 0 spiro atoms. The zero-order chi connectivity index (χ0) is 24.2. The van der Waals surface area contributed by atoms with Crippen LogP contribution in [0.5, 0.6) is 0 Å². The van der Waals surface area contributed by atoms with Gasteiger partial charge in [-0.2, -0.15) is 23.5 Å². The fourth-order valence-corrected chi connectivity index (χ4v) is 5.22. The van der Waals surface area contributed by atoms with Crippen LogP contribution < -0.4 is 4.72 Å². The van der Waals surface area contributed by atoms with Crippen LogP contribution >= 0.6 is 11.6 Å². The largest absolute Gasteiger partial charge is 0.417 e. The highest BCUT2D eigenvalue weighted by Gasteiger charge is 2.32. The lowest BCUT2D eigenvalue weighted by Gasteiger charge is -2.21. The van der Waals surface area contributed by atoms with Gasteiger partial charge >= 0.3 is 6.18 Å². The summed E-state index contributed by atoms with van der Waals surface area (Å²) in [6, 6.07) is 2.49. The Morgan fingerprint density at radius 3 is 2.61 bits per heavy atom. The first-order valence-corrected chi connectivity index (χ1v) is 12.0. The van der Waals surface area contributed by atoms with Crippen molar-refractivity contribution in [2.75, 3.05) is 5.75 Å². The highest BCUT2D eigenvalue weighted by molar-refractivity contribution is 7.90. The molecule has 3 rings (SSSR count). The molecule has 2 heterocycles. The standard InChI is InChI=1S/C20H19ClF3N5O3S/c21-16-8-15(20(22,23)24)11-26-19(16)29-17(14(9-25)10-27-29)6-7-18(30)28-33(31,32)12-13-4-2-1-3-5-13/h6-8,10-11,13H,1-5,12H2,(H,28,30)/b7-6+. The van der Waals surface area contributed by atoms with Crippen molar-refractivity contribution in [2.24, 2.45) is 5.92 Å². The van der Waals surface area contributed by atoms with Gasteiger partial charge < -0.3 is 0 Å². The van der Waals surface area contributed by atoms with Crippen LogP contribution in [0.2, 0.25) is 5.02 Å². The predicted molar refractivity (Wildman–Crippen MR) is 114 cm³/mol. The highest BCUT2D eigenvalue weighted by Crippen LogP contribution is 2.32. The molecule has 176 valence electrons. The van der Waals surface area contributed by atoms with E-state index in [0.717, 1.165) is 55.1 Å². The van der Waals surface area contributed by atoms with E-state index >= 15 is 0 Å². The van der Waals surface area contributed by atoms with Crippen LogP contribution in [0.4, 0.5) is 13.2 Å². The van der Waals surface area contributed by atoms with Crippen molar-refractivity contribution in [2.45, 2.75) is 38.3 Å². The first kappa shape index (κ1) is 24.7. The highest BCUT2D eigenvalue weighted by atomic mass is 35.5. The van der Waals surface area contributed by atoms with Crippen LogP contribution in [0, 0.1) is 17.2 Å². The second kappa shape index (κ2) is 9.93. The lowest BCUT2D eigenvalue weighted by Crippen LogP contribution is -2.34. The number of nitrogens with one attached hydrogen (secondary N) is 1. The summed E-state index contributed by atoms with van der Waals surface area (Å²) in [4.78, 5) is 15.9. The molecule has 2 aromatic heterocycles. The first-order valence-electron chi connectivity index (χ1n) is 9.94. The van der Waals surface area contributed by atoms with E-state index in [9.17, 15) is 31.6 Å².